The van der Waals surface area contributed by atoms with Crippen LogP contribution in [0.3, 0.4) is 0 Å². The number of hydrogen-bond donors (Lipinski definition) is 0. The van der Waals surface area contributed by atoms with Crippen molar-refractivity contribution in [2.75, 3.05) is 0 Å². The summed E-state index contributed by atoms with van der Waals surface area (Å²) in [6.45, 7) is 4.11. The normalized spacial score (nSPS) is 10.8. The Morgan fingerprint density at radius 2 is 1.94 bits per heavy atom. The molecule has 0 atom stereocenters. The summed E-state index contributed by atoms with van der Waals surface area (Å²) in [5.41, 5.74) is 0.395. The van der Waals surface area contributed by atoms with Gasteiger partial charge in [0.25, 0.3) is 0 Å². The zero-order valence-electron chi connectivity index (χ0n) is 9.87. The van der Waals surface area contributed by atoms with Crippen LogP contribution in [0, 0.1) is 11.7 Å². The summed E-state index contributed by atoms with van der Waals surface area (Å²) in [4.78, 5) is 15.8. The largest absolute Gasteiger partial charge is 0.294 e. The fraction of sp³-hybridized carbons (Fsp3) is 0.538. The highest BCUT2D eigenvalue weighted by atomic mass is 19.1. The number of carbonyl (C=O) groups is 1. The smallest absolute Gasteiger partial charge is 0.167 e. The fourth-order valence-corrected chi connectivity index (χ4v) is 1.89. The summed E-state index contributed by atoms with van der Waals surface area (Å²) in [7, 11) is 0. The first-order chi connectivity index (χ1) is 7.69. The number of carbonyl (C=O) groups excluding carboxylic acids is 1. The van der Waals surface area contributed by atoms with E-state index < -0.39 is 5.82 Å². The van der Waals surface area contributed by atoms with E-state index in [1.165, 1.54) is 12.3 Å². The molecule has 0 amide bonds. The highest BCUT2D eigenvalue weighted by Crippen LogP contribution is 2.19. The molecule has 0 saturated heterocycles. The minimum Gasteiger partial charge on any atom is -0.294 e. The summed E-state index contributed by atoms with van der Waals surface area (Å²) >= 11 is 0. The number of ketones is 1. The van der Waals surface area contributed by atoms with Crippen LogP contribution < -0.4 is 0 Å². The molecule has 0 aliphatic heterocycles. The second kappa shape index (κ2) is 6.36. The maximum absolute atomic E-state index is 12.9. The van der Waals surface area contributed by atoms with Crippen LogP contribution in [-0.4, -0.2) is 10.8 Å². The average Bonchev–Trinajstić information content (AvgIpc) is 2.28. The van der Waals surface area contributed by atoms with Crippen molar-refractivity contribution in [1.29, 1.82) is 0 Å². The van der Waals surface area contributed by atoms with Crippen LogP contribution in [0.4, 0.5) is 4.39 Å². The Labute approximate surface area is 95.9 Å². The summed E-state index contributed by atoms with van der Waals surface area (Å²) in [6.07, 6.45) is 6.24. The van der Waals surface area contributed by atoms with E-state index in [-0.39, 0.29) is 11.7 Å². The average molecular weight is 223 g/mol. The Hall–Kier alpha value is -1.25. The Balaban J connectivity index is 2.81. The van der Waals surface area contributed by atoms with Gasteiger partial charge in [0.2, 0.25) is 0 Å². The minimum absolute atomic E-state index is 0.0126. The van der Waals surface area contributed by atoms with Crippen molar-refractivity contribution in [3.05, 3.63) is 29.8 Å². The Kier molecular flexibility index (Phi) is 5.09. The Morgan fingerprint density at radius 1 is 1.31 bits per heavy atom. The van der Waals surface area contributed by atoms with Crippen LogP contribution >= 0.6 is 0 Å². The van der Waals surface area contributed by atoms with Gasteiger partial charge in [-0.25, -0.2) is 4.39 Å². The first kappa shape index (κ1) is 12.8. The number of pyridine rings is 1. The molecule has 0 saturated carbocycles. The molecule has 0 spiro atoms. The second-order valence-corrected chi connectivity index (χ2v) is 4.03. The molecule has 3 heteroatoms. The van der Waals surface area contributed by atoms with Crippen molar-refractivity contribution >= 4 is 5.78 Å². The number of rotatable bonds is 6. The van der Waals surface area contributed by atoms with Gasteiger partial charge in [-0.3, -0.25) is 9.78 Å². The van der Waals surface area contributed by atoms with E-state index >= 15 is 0 Å². The lowest BCUT2D eigenvalue weighted by atomic mass is 9.90. The molecule has 0 aromatic carbocycles. The number of aromatic nitrogens is 1. The molecule has 0 aliphatic rings. The molecule has 0 N–H and O–H groups in total. The third kappa shape index (κ3) is 3.40. The summed E-state index contributed by atoms with van der Waals surface area (Å²) in [6, 6.07) is 1.27. The molecule has 2 nitrogen and oxygen atoms in total. The number of nitrogens with zero attached hydrogens (tertiary/aromatic N) is 1. The van der Waals surface area contributed by atoms with E-state index in [1.54, 1.807) is 0 Å². The highest BCUT2D eigenvalue weighted by Gasteiger charge is 2.18. The molecule has 0 fully saturated rings. The van der Waals surface area contributed by atoms with Gasteiger partial charge in [0.15, 0.2) is 5.78 Å². The number of Topliss-reactive ketones (excluding diaryl/α,β-unsaturated/α-hetero) is 1. The summed E-state index contributed by atoms with van der Waals surface area (Å²) < 4.78 is 12.9. The van der Waals surface area contributed by atoms with Crippen LogP contribution in [0.5, 0.6) is 0 Å². The molecule has 1 rings (SSSR count). The molecule has 1 aromatic rings. The molecule has 0 radical (unpaired) electrons. The van der Waals surface area contributed by atoms with Gasteiger partial charge in [0.1, 0.15) is 5.82 Å². The van der Waals surface area contributed by atoms with Crippen molar-refractivity contribution in [1.82, 2.24) is 4.98 Å². The third-order valence-electron chi connectivity index (χ3n) is 2.63. The molecular weight excluding hydrogens is 205 g/mol. The van der Waals surface area contributed by atoms with E-state index in [1.807, 2.05) is 0 Å². The molecule has 1 aromatic heterocycles. The molecule has 1 heterocycles. The van der Waals surface area contributed by atoms with Crippen LogP contribution in [-0.2, 0) is 0 Å². The fourth-order valence-electron chi connectivity index (χ4n) is 1.89. The van der Waals surface area contributed by atoms with Gasteiger partial charge in [-0.15, -0.1) is 0 Å². The maximum atomic E-state index is 12.9. The summed E-state index contributed by atoms with van der Waals surface area (Å²) in [5.74, 6) is -0.410. The lowest BCUT2D eigenvalue weighted by Crippen LogP contribution is -2.15. The number of halogens is 1. The van der Waals surface area contributed by atoms with Crippen molar-refractivity contribution in [2.45, 2.75) is 39.5 Å². The number of hydrogen-bond acceptors (Lipinski definition) is 2. The first-order valence-corrected chi connectivity index (χ1v) is 5.83. The van der Waals surface area contributed by atoms with Crippen LogP contribution in [0.15, 0.2) is 18.5 Å². The molecule has 0 bridgehead atoms. The molecule has 0 aliphatic carbocycles. The van der Waals surface area contributed by atoms with Crippen molar-refractivity contribution in [2.24, 2.45) is 5.92 Å². The lowest BCUT2D eigenvalue weighted by molar-refractivity contribution is 0.0904. The quantitative estimate of drug-likeness (QED) is 0.689. The second-order valence-electron chi connectivity index (χ2n) is 4.03. The molecular formula is C13H18FNO. The van der Waals surface area contributed by atoms with Crippen molar-refractivity contribution in [3.8, 4) is 0 Å². The van der Waals surface area contributed by atoms with Gasteiger partial charge in [-0.1, -0.05) is 26.7 Å². The predicted molar refractivity (Wildman–Crippen MR) is 61.8 cm³/mol. The van der Waals surface area contributed by atoms with Gasteiger partial charge in [-0.2, -0.15) is 0 Å². The lowest BCUT2D eigenvalue weighted by Gasteiger charge is -2.13. The standard InChI is InChI=1S/C13H18FNO/c1-3-5-10(6-4-2)13(16)11-7-12(14)9-15-8-11/h7-10H,3-6H2,1-2H3. The van der Waals surface area contributed by atoms with Crippen LogP contribution in [0.25, 0.3) is 0 Å². The summed E-state index contributed by atoms with van der Waals surface area (Å²) in [5, 5.41) is 0. The van der Waals surface area contributed by atoms with Crippen LogP contribution in [0.1, 0.15) is 49.9 Å². The Morgan fingerprint density at radius 3 is 2.44 bits per heavy atom. The highest BCUT2D eigenvalue weighted by molar-refractivity contribution is 5.97. The third-order valence-corrected chi connectivity index (χ3v) is 2.63. The zero-order chi connectivity index (χ0) is 12.0. The van der Waals surface area contributed by atoms with Crippen LogP contribution in [0.2, 0.25) is 0 Å². The van der Waals surface area contributed by atoms with E-state index in [9.17, 15) is 9.18 Å². The molecule has 16 heavy (non-hydrogen) atoms. The van der Waals surface area contributed by atoms with Crippen molar-refractivity contribution < 1.29 is 9.18 Å². The monoisotopic (exact) mass is 223 g/mol. The predicted octanol–water partition coefficient (Wildman–Crippen LogP) is 3.62. The zero-order valence-corrected chi connectivity index (χ0v) is 9.87. The van der Waals surface area contributed by atoms with Gasteiger partial charge in [0.05, 0.1) is 6.20 Å². The van der Waals surface area contributed by atoms with Gasteiger partial charge in [0, 0.05) is 17.7 Å². The first-order valence-electron chi connectivity index (χ1n) is 5.83. The Bertz CT molecular complexity index is 346. The van der Waals surface area contributed by atoms with Gasteiger partial charge < -0.3 is 0 Å². The van der Waals surface area contributed by atoms with E-state index in [4.69, 9.17) is 0 Å². The van der Waals surface area contributed by atoms with E-state index in [0.717, 1.165) is 31.9 Å². The minimum atomic E-state index is -0.447. The van der Waals surface area contributed by atoms with Gasteiger partial charge >= 0.3 is 0 Å². The van der Waals surface area contributed by atoms with E-state index in [2.05, 4.69) is 18.8 Å². The molecule has 0 unspecified atom stereocenters. The van der Waals surface area contributed by atoms with Crippen molar-refractivity contribution in [3.63, 3.8) is 0 Å². The maximum Gasteiger partial charge on any atom is 0.167 e. The van der Waals surface area contributed by atoms with E-state index in [0.29, 0.717) is 5.56 Å². The molecule has 88 valence electrons. The van der Waals surface area contributed by atoms with Gasteiger partial charge in [-0.05, 0) is 18.9 Å². The topological polar surface area (TPSA) is 30.0 Å². The SMILES string of the molecule is CCCC(CCC)C(=O)c1cncc(F)c1.